The van der Waals surface area contributed by atoms with E-state index in [9.17, 15) is 14.4 Å². The van der Waals surface area contributed by atoms with Gasteiger partial charge in [0.2, 0.25) is 11.8 Å². The van der Waals surface area contributed by atoms with Crippen molar-refractivity contribution in [3.63, 3.8) is 0 Å². The van der Waals surface area contributed by atoms with Gasteiger partial charge in [-0.15, -0.1) is 0 Å². The second-order valence-corrected chi connectivity index (χ2v) is 4.29. The highest BCUT2D eigenvalue weighted by Gasteiger charge is 2.35. The second kappa shape index (κ2) is 5.90. The van der Waals surface area contributed by atoms with E-state index in [0.29, 0.717) is 19.4 Å². The third-order valence-corrected chi connectivity index (χ3v) is 3.00. The summed E-state index contributed by atoms with van der Waals surface area (Å²) in [6.07, 6.45) is 1.14. The van der Waals surface area contributed by atoms with Crippen molar-refractivity contribution in [2.75, 3.05) is 12.3 Å². The van der Waals surface area contributed by atoms with Crippen molar-refractivity contribution in [2.45, 2.75) is 31.8 Å². The standard InChI is InChI=1S/C10H16N2O4S/c1-6(11-8(13)5-17)9(14)12-4-2-3-7(12)10(15)16/h6-7,17H,2-5H2,1H3,(H,11,13)(H,15,16). The minimum atomic E-state index is -0.997. The number of nitrogens with one attached hydrogen (secondary N) is 1. The van der Waals surface area contributed by atoms with E-state index in [1.54, 1.807) is 6.92 Å². The minimum absolute atomic E-state index is 0.0000207. The summed E-state index contributed by atoms with van der Waals surface area (Å²) in [4.78, 5) is 35.3. The second-order valence-electron chi connectivity index (χ2n) is 3.98. The molecule has 96 valence electrons. The number of thiol groups is 1. The van der Waals surface area contributed by atoms with Crippen molar-refractivity contribution in [1.29, 1.82) is 0 Å². The molecule has 0 aromatic rings. The van der Waals surface area contributed by atoms with Crippen LogP contribution in [0.3, 0.4) is 0 Å². The normalized spacial score (nSPS) is 21.1. The number of carbonyl (C=O) groups excluding carboxylic acids is 2. The molecule has 17 heavy (non-hydrogen) atoms. The summed E-state index contributed by atoms with van der Waals surface area (Å²) in [6.45, 7) is 1.97. The smallest absolute Gasteiger partial charge is 0.326 e. The fourth-order valence-electron chi connectivity index (χ4n) is 1.88. The van der Waals surface area contributed by atoms with Crippen LogP contribution < -0.4 is 5.32 Å². The zero-order chi connectivity index (χ0) is 13.0. The number of hydrogen-bond donors (Lipinski definition) is 3. The first-order chi connectivity index (χ1) is 7.97. The molecule has 6 nitrogen and oxygen atoms in total. The van der Waals surface area contributed by atoms with E-state index in [2.05, 4.69) is 17.9 Å². The molecule has 1 heterocycles. The van der Waals surface area contributed by atoms with Gasteiger partial charge in [-0.2, -0.15) is 12.6 Å². The molecule has 0 aromatic carbocycles. The van der Waals surface area contributed by atoms with Crippen LogP contribution in [-0.4, -0.2) is 52.2 Å². The van der Waals surface area contributed by atoms with Gasteiger partial charge in [-0.25, -0.2) is 4.79 Å². The summed E-state index contributed by atoms with van der Waals surface area (Å²) in [7, 11) is 0. The lowest BCUT2D eigenvalue weighted by Gasteiger charge is -2.25. The Hall–Kier alpha value is -1.24. The number of aliphatic carboxylic acids is 1. The third-order valence-electron chi connectivity index (χ3n) is 2.71. The van der Waals surface area contributed by atoms with Crippen LogP contribution in [0, 0.1) is 0 Å². The fourth-order valence-corrected chi connectivity index (χ4v) is 1.98. The molecule has 1 aliphatic rings. The Morgan fingerprint density at radius 1 is 1.53 bits per heavy atom. The molecule has 1 aliphatic heterocycles. The van der Waals surface area contributed by atoms with E-state index in [1.807, 2.05) is 0 Å². The van der Waals surface area contributed by atoms with Crippen molar-refractivity contribution in [2.24, 2.45) is 0 Å². The van der Waals surface area contributed by atoms with Crippen molar-refractivity contribution in [1.82, 2.24) is 10.2 Å². The Kier molecular flexibility index (Phi) is 4.80. The highest BCUT2D eigenvalue weighted by Crippen LogP contribution is 2.18. The van der Waals surface area contributed by atoms with Crippen molar-refractivity contribution < 1.29 is 19.5 Å². The van der Waals surface area contributed by atoms with E-state index < -0.39 is 18.1 Å². The van der Waals surface area contributed by atoms with E-state index >= 15 is 0 Å². The van der Waals surface area contributed by atoms with Crippen molar-refractivity contribution >= 4 is 30.4 Å². The summed E-state index contributed by atoms with van der Waals surface area (Å²) in [5, 5.41) is 11.4. The zero-order valence-corrected chi connectivity index (χ0v) is 10.4. The van der Waals surface area contributed by atoms with Crippen LogP contribution in [0.4, 0.5) is 0 Å². The molecule has 0 bridgehead atoms. The highest BCUT2D eigenvalue weighted by atomic mass is 32.1. The van der Waals surface area contributed by atoms with E-state index in [-0.39, 0.29) is 17.6 Å². The summed E-state index contributed by atoms with van der Waals surface area (Å²) < 4.78 is 0. The Balaban J connectivity index is 2.62. The number of carboxylic acid groups (broad SMARTS) is 1. The zero-order valence-electron chi connectivity index (χ0n) is 9.55. The Morgan fingerprint density at radius 3 is 2.71 bits per heavy atom. The van der Waals surface area contributed by atoms with Crippen LogP contribution in [0.1, 0.15) is 19.8 Å². The Labute approximate surface area is 105 Å². The first-order valence-electron chi connectivity index (χ1n) is 5.41. The number of hydrogen-bond acceptors (Lipinski definition) is 4. The predicted molar refractivity (Wildman–Crippen MR) is 63.8 cm³/mol. The van der Waals surface area contributed by atoms with Gasteiger partial charge >= 0.3 is 5.97 Å². The average Bonchev–Trinajstić information content (AvgIpc) is 2.76. The molecule has 2 amide bonds. The highest BCUT2D eigenvalue weighted by molar-refractivity contribution is 7.81. The van der Waals surface area contributed by atoms with Crippen LogP contribution in [-0.2, 0) is 14.4 Å². The summed E-state index contributed by atoms with van der Waals surface area (Å²) in [5.41, 5.74) is 0. The van der Waals surface area contributed by atoms with Gasteiger partial charge in [-0.3, -0.25) is 9.59 Å². The molecule has 2 atom stereocenters. The summed E-state index contributed by atoms with van der Waals surface area (Å²) in [6, 6.07) is -1.48. The van der Waals surface area contributed by atoms with Crippen LogP contribution in [0.15, 0.2) is 0 Å². The Bertz CT molecular complexity index is 334. The first-order valence-corrected chi connectivity index (χ1v) is 6.04. The fraction of sp³-hybridized carbons (Fsp3) is 0.700. The molecule has 7 heteroatoms. The third kappa shape index (κ3) is 3.36. The SMILES string of the molecule is CC(NC(=O)CS)C(=O)N1CCCC1C(=O)O. The molecular formula is C10H16N2O4S. The van der Waals surface area contributed by atoms with Crippen LogP contribution in [0.25, 0.3) is 0 Å². The molecule has 0 saturated carbocycles. The molecule has 2 N–H and O–H groups in total. The molecule has 0 aliphatic carbocycles. The van der Waals surface area contributed by atoms with Gasteiger partial charge in [0.25, 0.3) is 0 Å². The number of nitrogens with zero attached hydrogens (tertiary/aromatic N) is 1. The van der Waals surface area contributed by atoms with Crippen LogP contribution in [0.2, 0.25) is 0 Å². The van der Waals surface area contributed by atoms with Gasteiger partial charge in [0, 0.05) is 6.54 Å². The monoisotopic (exact) mass is 260 g/mol. The number of amides is 2. The maximum absolute atomic E-state index is 11.9. The molecule has 1 saturated heterocycles. The van der Waals surface area contributed by atoms with E-state index in [0.717, 1.165) is 0 Å². The largest absolute Gasteiger partial charge is 0.480 e. The van der Waals surface area contributed by atoms with Crippen LogP contribution in [0.5, 0.6) is 0 Å². The maximum atomic E-state index is 11.9. The van der Waals surface area contributed by atoms with Gasteiger partial charge < -0.3 is 15.3 Å². The topological polar surface area (TPSA) is 86.7 Å². The molecule has 0 spiro atoms. The van der Waals surface area contributed by atoms with Crippen LogP contribution >= 0.6 is 12.6 Å². The maximum Gasteiger partial charge on any atom is 0.326 e. The van der Waals surface area contributed by atoms with Gasteiger partial charge in [0.1, 0.15) is 12.1 Å². The molecule has 0 aromatic heterocycles. The molecule has 1 fully saturated rings. The number of rotatable bonds is 4. The molecule has 2 unspecified atom stereocenters. The number of carboxylic acids is 1. The van der Waals surface area contributed by atoms with Gasteiger partial charge in [0.15, 0.2) is 0 Å². The number of carbonyl (C=O) groups is 3. The molecule has 0 radical (unpaired) electrons. The predicted octanol–water partition coefficient (Wildman–Crippen LogP) is -0.504. The lowest BCUT2D eigenvalue weighted by Crippen LogP contribution is -2.50. The van der Waals surface area contributed by atoms with Gasteiger partial charge in [-0.1, -0.05) is 0 Å². The Morgan fingerprint density at radius 2 is 2.18 bits per heavy atom. The average molecular weight is 260 g/mol. The summed E-state index contributed by atoms with van der Waals surface area (Å²) >= 11 is 3.79. The summed E-state index contributed by atoms with van der Waals surface area (Å²) in [5.74, 6) is -1.70. The van der Waals surface area contributed by atoms with E-state index in [4.69, 9.17) is 5.11 Å². The molecular weight excluding hydrogens is 244 g/mol. The van der Waals surface area contributed by atoms with Gasteiger partial charge in [-0.05, 0) is 19.8 Å². The lowest BCUT2D eigenvalue weighted by atomic mass is 10.2. The molecule has 1 rings (SSSR count). The van der Waals surface area contributed by atoms with Gasteiger partial charge in [0.05, 0.1) is 5.75 Å². The number of likely N-dealkylation sites (tertiary alicyclic amines) is 1. The lowest BCUT2D eigenvalue weighted by molar-refractivity contribution is -0.149. The van der Waals surface area contributed by atoms with Crippen molar-refractivity contribution in [3.05, 3.63) is 0 Å². The first kappa shape index (κ1) is 13.8. The minimum Gasteiger partial charge on any atom is -0.480 e. The van der Waals surface area contributed by atoms with Crippen molar-refractivity contribution in [3.8, 4) is 0 Å². The van der Waals surface area contributed by atoms with E-state index in [1.165, 1.54) is 4.90 Å². The quantitative estimate of drug-likeness (QED) is 0.595.